The Bertz CT molecular complexity index is 599. The van der Waals surface area contributed by atoms with Crippen LogP contribution in [0.1, 0.15) is 6.92 Å². The van der Waals surface area contributed by atoms with Crippen molar-refractivity contribution in [1.29, 1.82) is 0 Å². The molecule has 1 atom stereocenters. The molecule has 0 aliphatic carbocycles. The van der Waals surface area contributed by atoms with Gasteiger partial charge in [-0.15, -0.1) is 0 Å². The summed E-state index contributed by atoms with van der Waals surface area (Å²) in [5.41, 5.74) is 1.25. The number of carbonyl (C=O) groups is 1. The molecule has 0 bridgehead atoms. The number of ether oxygens (including phenoxy) is 1. The molecule has 1 aromatic heterocycles. The second kappa shape index (κ2) is 6.69. The molecule has 5 nitrogen and oxygen atoms in total. The molecule has 0 aliphatic rings. The second-order valence-electron chi connectivity index (χ2n) is 4.45. The highest BCUT2D eigenvalue weighted by Crippen LogP contribution is 2.13. The normalized spacial score (nSPS) is 11.6. The molecule has 0 aliphatic heterocycles. The Hall–Kier alpha value is -2.63. The van der Waals surface area contributed by atoms with E-state index in [1.807, 2.05) is 0 Å². The van der Waals surface area contributed by atoms with Crippen molar-refractivity contribution in [3.63, 3.8) is 0 Å². The summed E-state index contributed by atoms with van der Waals surface area (Å²) in [5.74, 6) is -0.0649. The quantitative estimate of drug-likeness (QED) is 0.888. The summed E-state index contributed by atoms with van der Waals surface area (Å²) in [6.07, 6.45) is 1.58. The van der Waals surface area contributed by atoms with Crippen LogP contribution < -0.4 is 15.4 Å². The van der Waals surface area contributed by atoms with Crippen LogP contribution in [-0.4, -0.2) is 24.0 Å². The van der Waals surface area contributed by atoms with E-state index in [0.717, 1.165) is 0 Å². The summed E-state index contributed by atoms with van der Waals surface area (Å²) in [7, 11) is 1.54. The highest BCUT2D eigenvalue weighted by Gasteiger charge is 2.13. The average molecular weight is 289 g/mol. The standard InChI is InChI=1S/C15H16FN3O2/c1-10(18-13-7-8-14(21-2)17-9-13)15(20)19-12-5-3-11(16)4-6-12/h3-10,18H,1-2H3,(H,19,20)/t10-/m1/s1. The first-order valence-corrected chi connectivity index (χ1v) is 6.41. The Morgan fingerprint density at radius 3 is 2.43 bits per heavy atom. The number of benzene rings is 1. The van der Waals surface area contributed by atoms with Crippen molar-refractivity contribution in [2.45, 2.75) is 13.0 Å². The summed E-state index contributed by atoms with van der Waals surface area (Å²) in [6, 6.07) is 8.61. The molecule has 0 saturated carbocycles. The first-order valence-electron chi connectivity index (χ1n) is 6.41. The van der Waals surface area contributed by atoms with Crippen molar-refractivity contribution in [1.82, 2.24) is 4.98 Å². The van der Waals surface area contributed by atoms with E-state index in [-0.39, 0.29) is 11.7 Å². The minimum atomic E-state index is -0.467. The van der Waals surface area contributed by atoms with Crippen LogP contribution in [0.4, 0.5) is 15.8 Å². The molecule has 2 N–H and O–H groups in total. The zero-order valence-corrected chi connectivity index (χ0v) is 11.8. The van der Waals surface area contributed by atoms with Crippen molar-refractivity contribution in [2.24, 2.45) is 0 Å². The third-order valence-electron chi connectivity index (χ3n) is 2.83. The second-order valence-corrected chi connectivity index (χ2v) is 4.45. The molecular weight excluding hydrogens is 273 g/mol. The fourth-order valence-corrected chi connectivity index (χ4v) is 1.69. The maximum Gasteiger partial charge on any atom is 0.246 e. The van der Waals surface area contributed by atoms with Crippen LogP contribution in [0.15, 0.2) is 42.6 Å². The molecule has 0 spiro atoms. The number of methoxy groups -OCH3 is 1. The fourth-order valence-electron chi connectivity index (χ4n) is 1.69. The number of rotatable bonds is 5. The van der Waals surface area contributed by atoms with Crippen LogP contribution in [0.3, 0.4) is 0 Å². The lowest BCUT2D eigenvalue weighted by Gasteiger charge is -2.15. The van der Waals surface area contributed by atoms with E-state index in [1.54, 1.807) is 25.3 Å². The smallest absolute Gasteiger partial charge is 0.246 e. The molecule has 21 heavy (non-hydrogen) atoms. The first-order chi connectivity index (χ1) is 10.1. The monoisotopic (exact) mass is 289 g/mol. The predicted molar refractivity (Wildman–Crippen MR) is 78.9 cm³/mol. The van der Waals surface area contributed by atoms with Gasteiger partial charge in [0, 0.05) is 11.8 Å². The van der Waals surface area contributed by atoms with Gasteiger partial charge in [-0.05, 0) is 37.3 Å². The van der Waals surface area contributed by atoms with E-state index < -0.39 is 6.04 Å². The minimum absolute atomic E-state index is 0.225. The summed E-state index contributed by atoms with van der Waals surface area (Å²) in [4.78, 5) is 16.1. The van der Waals surface area contributed by atoms with Crippen LogP contribution in [0.25, 0.3) is 0 Å². The van der Waals surface area contributed by atoms with E-state index in [9.17, 15) is 9.18 Å². The number of hydrogen-bond acceptors (Lipinski definition) is 4. The summed E-state index contributed by atoms with van der Waals surface area (Å²) in [6.45, 7) is 1.73. The molecule has 0 radical (unpaired) electrons. The topological polar surface area (TPSA) is 63.2 Å². The number of amides is 1. The number of anilines is 2. The molecule has 1 heterocycles. The van der Waals surface area contributed by atoms with Crippen molar-refractivity contribution in [3.8, 4) is 5.88 Å². The van der Waals surface area contributed by atoms with E-state index in [1.165, 1.54) is 31.4 Å². The lowest BCUT2D eigenvalue weighted by Crippen LogP contribution is -2.31. The van der Waals surface area contributed by atoms with Gasteiger partial charge < -0.3 is 15.4 Å². The molecule has 0 unspecified atom stereocenters. The average Bonchev–Trinajstić information content (AvgIpc) is 2.50. The van der Waals surface area contributed by atoms with Gasteiger partial charge in [0.25, 0.3) is 0 Å². The number of nitrogens with one attached hydrogen (secondary N) is 2. The number of hydrogen-bond donors (Lipinski definition) is 2. The highest BCUT2D eigenvalue weighted by atomic mass is 19.1. The largest absolute Gasteiger partial charge is 0.481 e. The molecule has 2 aromatic rings. The number of nitrogens with zero attached hydrogens (tertiary/aromatic N) is 1. The third-order valence-corrected chi connectivity index (χ3v) is 2.83. The van der Waals surface area contributed by atoms with E-state index in [4.69, 9.17) is 4.74 Å². The maximum absolute atomic E-state index is 12.8. The molecule has 0 saturated heterocycles. The van der Waals surface area contributed by atoms with Gasteiger partial charge in [0.15, 0.2) is 0 Å². The Morgan fingerprint density at radius 1 is 1.19 bits per heavy atom. The zero-order chi connectivity index (χ0) is 15.2. The van der Waals surface area contributed by atoms with Crippen molar-refractivity contribution in [2.75, 3.05) is 17.7 Å². The van der Waals surface area contributed by atoms with Crippen LogP contribution in [-0.2, 0) is 4.79 Å². The van der Waals surface area contributed by atoms with Crippen molar-refractivity contribution >= 4 is 17.3 Å². The van der Waals surface area contributed by atoms with Crippen molar-refractivity contribution < 1.29 is 13.9 Å². The van der Waals surface area contributed by atoms with Gasteiger partial charge in [-0.2, -0.15) is 0 Å². The van der Waals surface area contributed by atoms with Gasteiger partial charge in [-0.1, -0.05) is 0 Å². The SMILES string of the molecule is COc1ccc(N[C@H](C)C(=O)Nc2ccc(F)cc2)cn1. The molecule has 110 valence electrons. The molecule has 1 amide bonds. The van der Waals surface area contributed by atoms with Gasteiger partial charge >= 0.3 is 0 Å². The summed E-state index contributed by atoms with van der Waals surface area (Å²) in [5, 5.41) is 5.72. The van der Waals surface area contributed by atoms with Gasteiger partial charge in [-0.25, -0.2) is 9.37 Å². The van der Waals surface area contributed by atoms with Gasteiger partial charge in [0.2, 0.25) is 11.8 Å². The lowest BCUT2D eigenvalue weighted by molar-refractivity contribution is -0.116. The van der Waals surface area contributed by atoms with Crippen molar-refractivity contribution in [3.05, 3.63) is 48.4 Å². The van der Waals surface area contributed by atoms with Crippen LogP contribution in [0.2, 0.25) is 0 Å². The first kappa shape index (κ1) is 14.8. The van der Waals surface area contributed by atoms with E-state index in [2.05, 4.69) is 15.6 Å². The summed E-state index contributed by atoms with van der Waals surface area (Å²) < 4.78 is 17.8. The number of pyridine rings is 1. The zero-order valence-electron chi connectivity index (χ0n) is 11.8. The van der Waals surface area contributed by atoms with Crippen LogP contribution >= 0.6 is 0 Å². The Kier molecular flexibility index (Phi) is 4.71. The fraction of sp³-hybridized carbons (Fsp3) is 0.200. The number of carbonyl (C=O) groups excluding carboxylic acids is 1. The minimum Gasteiger partial charge on any atom is -0.481 e. The molecule has 6 heteroatoms. The highest BCUT2D eigenvalue weighted by molar-refractivity contribution is 5.96. The van der Waals surface area contributed by atoms with E-state index >= 15 is 0 Å². The van der Waals surface area contributed by atoms with Gasteiger partial charge in [0.05, 0.1) is 19.0 Å². The lowest BCUT2D eigenvalue weighted by atomic mass is 10.2. The Labute approximate surface area is 122 Å². The number of aromatic nitrogens is 1. The molecule has 1 aromatic carbocycles. The Morgan fingerprint density at radius 2 is 1.86 bits per heavy atom. The summed E-state index contributed by atoms with van der Waals surface area (Å²) >= 11 is 0. The molecule has 0 fully saturated rings. The van der Waals surface area contributed by atoms with Gasteiger partial charge in [-0.3, -0.25) is 4.79 Å². The molecule has 2 rings (SSSR count). The molecular formula is C15H16FN3O2. The Balaban J connectivity index is 1.93. The van der Waals surface area contributed by atoms with Crippen LogP contribution in [0.5, 0.6) is 5.88 Å². The van der Waals surface area contributed by atoms with Gasteiger partial charge in [0.1, 0.15) is 11.9 Å². The third kappa shape index (κ3) is 4.17. The van der Waals surface area contributed by atoms with Crippen LogP contribution in [0, 0.1) is 5.82 Å². The van der Waals surface area contributed by atoms with E-state index in [0.29, 0.717) is 17.3 Å². The maximum atomic E-state index is 12.8. The predicted octanol–water partition coefficient (Wildman–Crippen LogP) is 2.67. The number of halogens is 1.